The van der Waals surface area contributed by atoms with E-state index in [2.05, 4.69) is 21.2 Å². The average Bonchev–Trinajstić information content (AvgIpc) is 2.39. The number of rotatable bonds is 2. The molecule has 2 aromatic rings. The number of aryl methyl sites for hydroxylation is 1. The van der Waals surface area contributed by atoms with Crippen molar-refractivity contribution in [1.29, 1.82) is 0 Å². The summed E-state index contributed by atoms with van der Waals surface area (Å²) in [7, 11) is 0. The second-order valence-corrected chi connectivity index (χ2v) is 5.02. The van der Waals surface area contributed by atoms with E-state index < -0.39 is 23.4 Å². The number of anilines is 1. The number of nitrogens with one attached hydrogen (secondary N) is 1. The molecule has 1 amide bonds. The molecular weight excluding hydrogens is 335 g/mol. The standard InChI is InChI=1S/C14H9BrF3NO/c1-7-4-8(2-3-10(7)16)14(20)19-13-5-9(15)11(17)6-12(13)18/h2-6H,1H3,(H,19,20). The third-order valence-electron chi connectivity index (χ3n) is 2.68. The van der Waals surface area contributed by atoms with Crippen LogP contribution in [0.3, 0.4) is 0 Å². The first kappa shape index (κ1) is 14.6. The van der Waals surface area contributed by atoms with Crippen molar-refractivity contribution in [2.75, 3.05) is 5.32 Å². The molecule has 0 fully saturated rings. The molecule has 0 aliphatic carbocycles. The lowest BCUT2D eigenvalue weighted by Gasteiger charge is -2.08. The zero-order chi connectivity index (χ0) is 14.9. The van der Waals surface area contributed by atoms with Crippen molar-refractivity contribution < 1.29 is 18.0 Å². The number of carbonyl (C=O) groups is 1. The Bertz CT molecular complexity index is 688. The molecule has 0 atom stereocenters. The van der Waals surface area contributed by atoms with E-state index in [9.17, 15) is 18.0 Å². The second-order valence-electron chi connectivity index (χ2n) is 4.16. The van der Waals surface area contributed by atoms with Crippen LogP contribution in [-0.4, -0.2) is 5.91 Å². The van der Waals surface area contributed by atoms with Crippen LogP contribution in [-0.2, 0) is 0 Å². The zero-order valence-corrected chi connectivity index (χ0v) is 11.9. The highest BCUT2D eigenvalue weighted by Crippen LogP contribution is 2.24. The molecule has 2 aromatic carbocycles. The summed E-state index contributed by atoms with van der Waals surface area (Å²) in [5.41, 5.74) is 0.326. The lowest BCUT2D eigenvalue weighted by atomic mass is 10.1. The molecule has 0 bridgehead atoms. The average molecular weight is 344 g/mol. The summed E-state index contributed by atoms with van der Waals surface area (Å²) in [4.78, 5) is 11.9. The molecule has 0 heterocycles. The van der Waals surface area contributed by atoms with E-state index in [1.54, 1.807) is 0 Å². The molecule has 0 radical (unpaired) electrons. The maximum atomic E-state index is 13.5. The Balaban J connectivity index is 2.27. The largest absolute Gasteiger partial charge is 0.319 e. The molecule has 0 aliphatic rings. The van der Waals surface area contributed by atoms with Gasteiger partial charge in [0.2, 0.25) is 0 Å². The number of amides is 1. The van der Waals surface area contributed by atoms with Crippen LogP contribution in [0.4, 0.5) is 18.9 Å². The number of carbonyl (C=O) groups excluding carboxylic acids is 1. The molecule has 0 spiro atoms. The molecule has 6 heteroatoms. The summed E-state index contributed by atoms with van der Waals surface area (Å²) in [6.45, 7) is 1.52. The highest BCUT2D eigenvalue weighted by atomic mass is 79.9. The molecule has 0 aliphatic heterocycles. The second kappa shape index (κ2) is 5.66. The lowest BCUT2D eigenvalue weighted by molar-refractivity contribution is 0.102. The minimum atomic E-state index is -0.891. The highest BCUT2D eigenvalue weighted by Gasteiger charge is 2.13. The van der Waals surface area contributed by atoms with E-state index in [-0.39, 0.29) is 15.7 Å². The Kier molecular flexibility index (Phi) is 4.13. The van der Waals surface area contributed by atoms with Gasteiger partial charge in [0.05, 0.1) is 10.2 Å². The van der Waals surface area contributed by atoms with Gasteiger partial charge in [0, 0.05) is 11.6 Å². The first-order valence-corrected chi connectivity index (χ1v) is 6.40. The van der Waals surface area contributed by atoms with E-state index in [4.69, 9.17) is 0 Å². The normalized spacial score (nSPS) is 10.4. The molecule has 0 unspecified atom stereocenters. The van der Waals surface area contributed by atoms with Crippen LogP contribution in [0.25, 0.3) is 0 Å². The Labute approximate surface area is 121 Å². The van der Waals surface area contributed by atoms with Crippen LogP contribution in [0.15, 0.2) is 34.8 Å². The van der Waals surface area contributed by atoms with Gasteiger partial charge in [-0.2, -0.15) is 0 Å². The number of halogens is 4. The van der Waals surface area contributed by atoms with Gasteiger partial charge in [-0.3, -0.25) is 4.79 Å². The third-order valence-corrected chi connectivity index (χ3v) is 3.29. The van der Waals surface area contributed by atoms with Crippen LogP contribution in [0.5, 0.6) is 0 Å². The first-order valence-electron chi connectivity index (χ1n) is 5.60. The monoisotopic (exact) mass is 343 g/mol. The van der Waals surface area contributed by atoms with Crippen LogP contribution < -0.4 is 5.32 Å². The van der Waals surface area contributed by atoms with Gasteiger partial charge in [-0.15, -0.1) is 0 Å². The summed E-state index contributed by atoms with van der Waals surface area (Å²) in [5, 5.41) is 2.31. The fourth-order valence-electron chi connectivity index (χ4n) is 1.60. The molecule has 2 nitrogen and oxygen atoms in total. The van der Waals surface area contributed by atoms with Crippen molar-refractivity contribution in [2.45, 2.75) is 6.92 Å². The van der Waals surface area contributed by atoms with Crippen LogP contribution in [0.2, 0.25) is 0 Å². The molecule has 20 heavy (non-hydrogen) atoms. The van der Waals surface area contributed by atoms with E-state index >= 15 is 0 Å². The van der Waals surface area contributed by atoms with Gasteiger partial charge in [-0.25, -0.2) is 13.2 Å². The van der Waals surface area contributed by atoms with Gasteiger partial charge < -0.3 is 5.32 Å². The summed E-state index contributed by atoms with van der Waals surface area (Å²) in [5.74, 6) is -2.70. The molecular formula is C14H9BrF3NO. The van der Waals surface area contributed by atoms with Crippen molar-refractivity contribution in [3.63, 3.8) is 0 Å². The molecule has 104 valence electrons. The zero-order valence-electron chi connectivity index (χ0n) is 10.3. The quantitative estimate of drug-likeness (QED) is 0.803. The van der Waals surface area contributed by atoms with Crippen molar-refractivity contribution >= 4 is 27.5 Å². The topological polar surface area (TPSA) is 29.1 Å². The summed E-state index contributed by atoms with van der Waals surface area (Å²) in [6, 6.07) is 5.57. The van der Waals surface area contributed by atoms with Gasteiger partial charge in [0.15, 0.2) is 0 Å². The fraction of sp³-hybridized carbons (Fsp3) is 0.0714. The molecule has 0 aromatic heterocycles. The summed E-state index contributed by atoms with van der Waals surface area (Å²) >= 11 is 2.90. The van der Waals surface area contributed by atoms with Gasteiger partial charge in [0.1, 0.15) is 17.5 Å². The van der Waals surface area contributed by atoms with Gasteiger partial charge in [0.25, 0.3) is 5.91 Å². The Morgan fingerprint density at radius 1 is 1.05 bits per heavy atom. The van der Waals surface area contributed by atoms with Gasteiger partial charge >= 0.3 is 0 Å². The minimum Gasteiger partial charge on any atom is -0.319 e. The van der Waals surface area contributed by atoms with E-state index in [0.717, 1.165) is 12.1 Å². The highest BCUT2D eigenvalue weighted by molar-refractivity contribution is 9.10. The SMILES string of the molecule is Cc1cc(C(=O)Nc2cc(Br)c(F)cc2F)ccc1F. The van der Waals surface area contributed by atoms with Gasteiger partial charge in [-0.05, 0) is 52.7 Å². The summed E-state index contributed by atoms with van der Waals surface area (Å²) < 4.78 is 39.7. The predicted octanol–water partition coefficient (Wildman–Crippen LogP) is 4.43. The fourth-order valence-corrected chi connectivity index (χ4v) is 1.94. The van der Waals surface area contributed by atoms with Crippen LogP contribution >= 0.6 is 15.9 Å². The van der Waals surface area contributed by atoms with E-state index in [1.807, 2.05) is 0 Å². The molecule has 0 saturated heterocycles. The van der Waals surface area contributed by atoms with Crippen LogP contribution in [0, 0.1) is 24.4 Å². The Hall–Kier alpha value is -1.82. The van der Waals surface area contributed by atoms with Crippen LogP contribution in [0.1, 0.15) is 15.9 Å². The molecule has 1 N–H and O–H groups in total. The van der Waals surface area contributed by atoms with Crippen molar-refractivity contribution in [3.05, 3.63) is 63.4 Å². The van der Waals surface area contributed by atoms with E-state index in [1.165, 1.54) is 19.1 Å². The maximum absolute atomic E-state index is 13.5. The number of hydrogen-bond acceptors (Lipinski definition) is 1. The molecule has 2 rings (SSSR count). The Morgan fingerprint density at radius 2 is 1.75 bits per heavy atom. The summed E-state index contributed by atoms with van der Waals surface area (Å²) in [6.07, 6.45) is 0. The number of hydrogen-bond donors (Lipinski definition) is 1. The first-order chi connectivity index (χ1) is 9.38. The lowest BCUT2D eigenvalue weighted by Crippen LogP contribution is -2.13. The maximum Gasteiger partial charge on any atom is 0.255 e. The minimum absolute atomic E-state index is 0.0319. The van der Waals surface area contributed by atoms with Crippen molar-refractivity contribution in [1.82, 2.24) is 0 Å². The predicted molar refractivity (Wildman–Crippen MR) is 73.1 cm³/mol. The third kappa shape index (κ3) is 3.01. The Morgan fingerprint density at radius 3 is 2.40 bits per heavy atom. The number of benzene rings is 2. The van der Waals surface area contributed by atoms with Crippen molar-refractivity contribution in [2.24, 2.45) is 0 Å². The van der Waals surface area contributed by atoms with E-state index in [0.29, 0.717) is 11.6 Å². The molecule has 0 saturated carbocycles. The van der Waals surface area contributed by atoms with Crippen molar-refractivity contribution in [3.8, 4) is 0 Å². The smallest absolute Gasteiger partial charge is 0.255 e. The van der Waals surface area contributed by atoms with Gasteiger partial charge in [-0.1, -0.05) is 0 Å².